The lowest BCUT2D eigenvalue weighted by atomic mass is 9.97. The first kappa shape index (κ1) is 15.5. The Labute approximate surface area is 122 Å². The van der Waals surface area contributed by atoms with E-state index in [1.807, 2.05) is 0 Å². The van der Waals surface area contributed by atoms with E-state index in [0.29, 0.717) is 12.5 Å². The van der Waals surface area contributed by atoms with Crippen LogP contribution in [0.3, 0.4) is 0 Å². The van der Waals surface area contributed by atoms with E-state index in [1.54, 1.807) is 0 Å². The van der Waals surface area contributed by atoms with Gasteiger partial charge in [0.25, 0.3) is 5.69 Å². The summed E-state index contributed by atoms with van der Waals surface area (Å²) in [6.45, 7) is 0.377. The zero-order chi connectivity index (χ0) is 15.4. The molecule has 1 aromatic rings. The van der Waals surface area contributed by atoms with E-state index in [4.69, 9.17) is 10.5 Å². The van der Waals surface area contributed by atoms with Crippen molar-refractivity contribution < 1.29 is 14.1 Å². The highest BCUT2D eigenvalue weighted by atomic mass is 19.1. The van der Waals surface area contributed by atoms with Crippen molar-refractivity contribution in [3.8, 4) is 5.75 Å². The number of ether oxygens (including phenoxy) is 1. The molecule has 1 unspecified atom stereocenters. The zero-order valence-electron chi connectivity index (χ0n) is 12.0. The summed E-state index contributed by atoms with van der Waals surface area (Å²) in [6.07, 6.45) is 4.41. The Morgan fingerprint density at radius 3 is 2.71 bits per heavy atom. The van der Waals surface area contributed by atoms with E-state index in [-0.39, 0.29) is 23.2 Å². The van der Waals surface area contributed by atoms with Crippen molar-refractivity contribution >= 4 is 11.4 Å². The van der Waals surface area contributed by atoms with Gasteiger partial charge in [-0.05, 0) is 18.8 Å². The number of hydrogen-bond donors (Lipinski definition) is 2. The number of nitro groups is 1. The molecule has 0 aromatic heterocycles. The second-order valence-electron chi connectivity index (χ2n) is 5.29. The van der Waals surface area contributed by atoms with E-state index >= 15 is 0 Å². The molecule has 6 nitrogen and oxygen atoms in total. The molecular weight excluding hydrogens is 277 g/mol. The lowest BCUT2D eigenvalue weighted by Crippen LogP contribution is -2.35. The maximum absolute atomic E-state index is 13.6. The number of hydrogen-bond acceptors (Lipinski definition) is 5. The number of nitrogens with one attached hydrogen (secondary N) is 1. The van der Waals surface area contributed by atoms with Gasteiger partial charge in [-0.25, -0.2) is 4.39 Å². The van der Waals surface area contributed by atoms with Crippen LogP contribution in [0.1, 0.15) is 25.7 Å². The van der Waals surface area contributed by atoms with Crippen LogP contribution in [0.2, 0.25) is 0 Å². The van der Waals surface area contributed by atoms with Crippen LogP contribution in [0, 0.1) is 21.8 Å². The van der Waals surface area contributed by atoms with Gasteiger partial charge in [0.2, 0.25) is 0 Å². The number of rotatable bonds is 6. The van der Waals surface area contributed by atoms with Crippen molar-refractivity contribution in [2.24, 2.45) is 11.7 Å². The van der Waals surface area contributed by atoms with Crippen LogP contribution in [-0.2, 0) is 0 Å². The third-order valence-corrected chi connectivity index (χ3v) is 4.03. The molecule has 7 heteroatoms. The maximum atomic E-state index is 13.6. The van der Waals surface area contributed by atoms with Gasteiger partial charge in [-0.2, -0.15) is 0 Å². The molecule has 0 spiro atoms. The molecule has 0 heterocycles. The zero-order valence-corrected chi connectivity index (χ0v) is 12.0. The van der Waals surface area contributed by atoms with Gasteiger partial charge in [-0.3, -0.25) is 10.1 Å². The van der Waals surface area contributed by atoms with Crippen molar-refractivity contribution in [3.05, 3.63) is 28.1 Å². The smallest absolute Gasteiger partial charge is 0.295 e. The highest BCUT2D eigenvalue weighted by Gasteiger charge is 2.27. The van der Waals surface area contributed by atoms with E-state index in [1.165, 1.54) is 13.2 Å². The Morgan fingerprint density at radius 2 is 2.19 bits per heavy atom. The highest BCUT2D eigenvalue weighted by Crippen LogP contribution is 2.35. The van der Waals surface area contributed by atoms with Gasteiger partial charge in [-0.15, -0.1) is 0 Å². The number of halogens is 1. The van der Waals surface area contributed by atoms with Crippen molar-refractivity contribution in [2.75, 3.05) is 19.0 Å². The fourth-order valence-electron chi connectivity index (χ4n) is 2.89. The SMILES string of the molecule is COc1cc(NC(CN)C2CCCC2)c([N+](=O)[O-])cc1F. The maximum Gasteiger partial charge on any atom is 0.295 e. The van der Waals surface area contributed by atoms with Gasteiger partial charge >= 0.3 is 0 Å². The average molecular weight is 297 g/mol. The average Bonchev–Trinajstić information content (AvgIpc) is 2.99. The number of nitrogens with zero attached hydrogens (tertiary/aromatic N) is 1. The summed E-state index contributed by atoms with van der Waals surface area (Å²) in [6, 6.07) is 2.15. The van der Waals surface area contributed by atoms with Gasteiger partial charge in [0.15, 0.2) is 11.6 Å². The number of methoxy groups -OCH3 is 1. The summed E-state index contributed by atoms with van der Waals surface area (Å²) in [5.74, 6) is -0.379. The lowest BCUT2D eigenvalue weighted by molar-refractivity contribution is -0.384. The van der Waals surface area contributed by atoms with Gasteiger partial charge in [0.1, 0.15) is 5.69 Å². The van der Waals surface area contributed by atoms with Gasteiger partial charge < -0.3 is 15.8 Å². The fourth-order valence-corrected chi connectivity index (χ4v) is 2.89. The van der Waals surface area contributed by atoms with Crippen molar-refractivity contribution in [2.45, 2.75) is 31.7 Å². The lowest BCUT2D eigenvalue weighted by Gasteiger charge is -2.24. The van der Waals surface area contributed by atoms with Crippen molar-refractivity contribution in [3.63, 3.8) is 0 Å². The fraction of sp³-hybridized carbons (Fsp3) is 0.571. The quantitative estimate of drug-likeness (QED) is 0.622. The molecule has 1 aliphatic carbocycles. The number of nitrogens with two attached hydrogens (primary N) is 1. The second-order valence-corrected chi connectivity index (χ2v) is 5.29. The number of nitro benzene ring substituents is 1. The number of benzene rings is 1. The second kappa shape index (κ2) is 6.71. The summed E-state index contributed by atoms with van der Waals surface area (Å²) in [5.41, 5.74) is 5.74. The molecule has 21 heavy (non-hydrogen) atoms. The third-order valence-electron chi connectivity index (χ3n) is 4.03. The monoisotopic (exact) mass is 297 g/mol. The highest BCUT2D eigenvalue weighted by molar-refractivity contribution is 5.65. The Bertz CT molecular complexity index is 518. The molecule has 1 aromatic carbocycles. The Balaban J connectivity index is 2.29. The molecular formula is C14H20FN3O3. The Hall–Kier alpha value is -1.89. The summed E-state index contributed by atoms with van der Waals surface area (Å²) in [7, 11) is 1.32. The van der Waals surface area contributed by atoms with Gasteiger partial charge in [0, 0.05) is 18.7 Å². The molecule has 1 saturated carbocycles. The van der Waals surface area contributed by atoms with Gasteiger partial charge in [-0.1, -0.05) is 12.8 Å². The van der Waals surface area contributed by atoms with Crippen LogP contribution in [0.4, 0.5) is 15.8 Å². The van der Waals surface area contributed by atoms with E-state index in [0.717, 1.165) is 31.7 Å². The molecule has 2 rings (SSSR count). The molecule has 0 radical (unpaired) electrons. The van der Waals surface area contributed by atoms with Gasteiger partial charge in [0.05, 0.1) is 18.1 Å². The Morgan fingerprint density at radius 1 is 1.52 bits per heavy atom. The molecule has 1 atom stereocenters. The molecule has 0 amide bonds. The normalized spacial score (nSPS) is 16.7. The Kier molecular flexibility index (Phi) is 4.95. The third kappa shape index (κ3) is 3.41. The first-order valence-corrected chi connectivity index (χ1v) is 7.05. The summed E-state index contributed by atoms with van der Waals surface area (Å²) >= 11 is 0. The van der Waals surface area contributed by atoms with Crippen LogP contribution >= 0.6 is 0 Å². The first-order chi connectivity index (χ1) is 10.1. The van der Waals surface area contributed by atoms with Crippen molar-refractivity contribution in [1.29, 1.82) is 0 Å². The molecule has 0 bridgehead atoms. The molecule has 1 aliphatic rings. The molecule has 3 N–H and O–H groups in total. The molecule has 1 fully saturated rings. The van der Waals surface area contributed by atoms with Crippen LogP contribution in [0.25, 0.3) is 0 Å². The van der Waals surface area contributed by atoms with E-state index in [9.17, 15) is 14.5 Å². The topological polar surface area (TPSA) is 90.4 Å². The first-order valence-electron chi connectivity index (χ1n) is 7.05. The predicted octanol–water partition coefficient (Wildman–Crippen LogP) is 2.67. The van der Waals surface area contributed by atoms with Crippen LogP contribution in [-0.4, -0.2) is 24.6 Å². The summed E-state index contributed by atoms with van der Waals surface area (Å²) in [5, 5.41) is 14.2. The molecule has 0 aliphatic heterocycles. The van der Waals surface area contributed by atoms with Crippen LogP contribution < -0.4 is 15.8 Å². The summed E-state index contributed by atoms with van der Waals surface area (Å²) in [4.78, 5) is 10.5. The minimum atomic E-state index is -0.750. The van der Waals surface area contributed by atoms with Crippen molar-refractivity contribution in [1.82, 2.24) is 0 Å². The predicted molar refractivity (Wildman–Crippen MR) is 78.0 cm³/mol. The minimum absolute atomic E-state index is 0.0229. The molecule has 0 saturated heterocycles. The largest absolute Gasteiger partial charge is 0.494 e. The minimum Gasteiger partial charge on any atom is -0.494 e. The summed E-state index contributed by atoms with van der Waals surface area (Å²) < 4.78 is 18.5. The molecule has 116 valence electrons. The van der Waals surface area contributed by atoms with Crippen LogP contribution in [0.15, 0.2) is 12.1 Å². The standard InChI is InChI=1S/C14H20FN3O3/c1-21-14-7-11(13(18(19)20)6-10(14)15)17-12(8-16)9-4-2-3-5-9/h6-7,9,12,17H,2-5,8,16H2,1H3. The number of anilines is 1. The van der Waals surface area contributed by atoms with E-state index < -0.39 is 10.7 Å². The van der Waals surface area contributed by atoms with E-state index in [2.05, 4.69) is 5.32 Å². The van der Waals surface area contributed by atoms with Crippen LogP contribution in [0.5, 0.6) is 5.75 Å².